The molecule has 0 saturated heterocycles. The van der Waals surface area contributed by atoms with Crippen molar-refractivity contribution in [2.24, 2.45) is 10.3 Å². The Labute approximate surface area is 183 Å². The van der Waals surface area contributed by atoms with Gasteiger partial charge in [-0.3, -0.25) is 4.79 Å². The van der Waals surface area contributed by atoms with E-state index in [0.717, 1.165) is 41.9 Å². The maximum atomic E-state index is 11.5. The number of ether oxygens (including phenoxy) is 1. The van der Waals surface area contributed by atoms with Crippen LogP contribution < -0.4 is 15.1 Å². The summed E-state index contributed by atoms with van der Waals surface area (Å²) < 4.78 is 5.21. The monoisotopic (exact) mass is 444 g/mol. The second kappa shape index (κ2) is 8.57. The summed E-state index contributed by atoms with van der Waals surface area (Å²) in [7, 11) is 1.56. The van der Waals surface area contributed by atoms with E-state index in [1.807, 2.05) is 30.0 Å². The van der Waals surface area contributed by atoms with Gasteiger partial charge in [-0.2, -0.15) is 5.10 Å². The van der Waals surface area contributed by atoms with Gasteiger partial charge in [0.2, 0.25) is 0 Å². The number of hydrogen-bond acceptors (Lipinski definition) is 6. The third kappa shape index (κ3) is 3.85. The number of thioether (sulfide) groups is 1. The number of anilines is 1. The van der Waals surface area contributed by atoms with Gasteiger partial charge in [0.05, 0.1) is 23.1 Å². The molecule has 2 aromatic rings. The van der Waals surface area contributed by atoms with Crippen molar-refractivity contribution >= 4 is 45.8 Å². The largest absolute Gasteiger partial charge is 0.495 e. The van der Waals surface area contributed by atoms with Gasteiger partial charge in [-0.15, -0.1) is 0 Å². The Morgan fingerprint density at radius 2 is 2.20 bits per heavy atom. The van der Waals surface area contributed by atoms with E-state index < -0.39 is 0 Å². The molecule has 156 valence electrons. The lowest BCUT2D eigenvalue weighted by molar-refractivity contribution is 0.261. The fourth-order valence-electron chi connectivity index (χ4n) is 3.79. The molecule has 1 atom stereocenters. The Balaban J connectivity index is 1.68. The SMILES string of the molecule is COc1ccc(/C(=N/O)N2CCCc3cc(C4=NNC(=O)SC4C)ccc32)cc1Cl. The lowest BCUT2D eigenvalue weighted by Gasteiger charge is -2.32. The number of hydrazone groups is 1. The van der Waals surface area contributed by atoms with Gasteiger partial charge in [0.1, 0.15) is 5.75 Å². The van der Waals surface area contributed by atoms with Crippen LogP contribution in [0.3, 0.4) is 0 Å². The number of rotatable bonds is 3. The molecule has 30 heavy (non-hydrogen) atoms. The third-order valence-electron chi connectivity index (χ3n) is 5.19. The Morgan fingerprint density at radius 1 is 1.37 bits per heavy atom. The molecule has 0 aliphatic carbocycles. The molecule has 0 aromatic heterocycles. The molecule has 2 aromatic carbocycles. The highest BCUT2D eigenvalue weighted by Gasteiger charge is 2.27. The van der Waals surface area contributed by atoms with Gasteiger partial charge in [-0.05, 0) is 61.2 Å². The van der Waals surface area contributed by atoms with E-state index in [4.69, 9.17) is 16.3 Å². The highest BCUT2D eigenvalue weighted by molar-refractivity contribution is 8.14. The number of methoxy groups -OCH3 is 1. The molecule has 2 aliphatic rings. The van der Waals surface area contributed by atoms with E-state index in [2.05, 4.69) is 21.7 Å². The molecular weight excluding hydrogens is 424 g/mol. The van der Waals surface area contributed by atoms with Crippen LogP contribution in [0.5, 0.6) is 5.75 Å². The molecule has 0 saturated carbocycles. The number of carbonyl (C=O) groups excluding carboxylic acids is 1. The minimum absolute atomic E-state index is 0.0208. The summed E-state index contributed by atoms with van der Waals surface area (Å²) in [6, 6.07) is 11.4. The summed E-state index contributed by atoms with van der Waals surface area (Å²) in [6.07, 6.45) is 1.82. The number of amides is 1. The fraction of sp³-hybridized carbons (Fsp3) is 0.286. The summed E-state index contributed by atoms with van der Waals surface area (Å²) in [5, 5.41) is 17.9. The van der Waals surface area contributed by atoms with Crippen LogP contribution in [0.1, 0.15) is 30.0 Å². The van der Waals surface area contributed by atoms with Gasteiger partial charge in [-0.1, -0.05) is 34.6 Å². The number of oxime groups is 1. The van der Waals surface area contributed by atoms with E-state index >= 15 is 0 Å². The van der Waals surface area contributed by atoms with Crippen LogP contribution in [0.15, 0.2) is 46.7 Å². The number of nitrogens with zero attached hydrogens (tertiary/aromatic N) is 3. The van der Waals surface area contributed by atoms with E-state index in [-0.39, 0.29) is 10.5 Å². The molecule has 1 amide bonds. The van der Waals surface area contributed by atoms with Crippen molar-refractivity contribution in [2.75, 3.05) is 18.6 Å². The standard InChI is InChI=1S/C21H21ClN4O3S/c1-12-19(23-24-21(27)30-12)14-5-7-17-13(10-14)4-3-9-26(17)20(25-28)15-6-8-18(29-2)16(22)11-15/h5-8,10-12,28H,3-4,9H2,1-2H3,(H,24,27)/b25-20-. The maximum absolute atomic E-state index is 11.5. The average Bonchev–Trinajstić information content (AvgIpc) is 2.74. The zero-order valence-electron chi connectivity index (χ0n) is 16.6. The van der Waals surface area contributed by atoms with Crippen molar-refractivity contribution in [1.82, 2.24) is 5.43 Å². The zero-order chi connectivity index (χ0) is 21.3. The Hall–Kier alpha value is -2.71. The minimum Gasteiger partial charge on any atom is -0.495 e. The Bertz CT molecular complexity index is 1060. The Kier molecular flexibility index (Phi) is 5.87. The number of aryl methyl sites for hydroxylation is 1. The van der Waals surface area contributed by atoms with Crippen LogP contribution >= 0.6 is 23.4 Å². The van der Waals surface area contributed by atoms with Crippen LogP contribution in [0, 0.1) is 0 Å². The predicted molar refractivity (Wildman–Crippen MR) is 121 cm³/mol. The molecule has 0 radical (unpaired) electrons. The van der Waals surface area contributed by atoms with Gasteiger partial charge >= 0.3 is 0 Å². The van der Waals surface area contributed by atoms with Gasteiger partial charge < -0.3 is 14.8 Å². The summed E-state index contributed by atoms with van der Waals surface area (Å²) in [5.74, 6) is 0.994. The zero-order valence-corrected chi connectivity index (χ0v) is 18.1. The molecule has 7 nitrogen and oxygen atoms in total. The van der Waals surface area contributed by atoms with E-state index in [1.54, 1.807) is 19.2 Å². The molecule has 1 unspecified atom stereocenters. The summed E-state index contributed by atoms with van der Waals surface area (Å²) >= 11 is 7.50. The van der Waals surface area contributed by atoms with Crippen molar-refractivity contribution in [3.05, 3.63) is 58.1 Å². The van der Waals surface area contributed by atoms with Gasteiger partial charge in [-0.25, -0.2) is 5.43 Å². The van der Waals surface area contributed by atoms with Gasteiger partial charge in [0.25, 0.3) is 5.24 Å². The quantitative estimate of drug-likeness (QED) is 0.315. The number of halogens is 1. The van der Waals surface area contributed by atoms with Crippen LogP contribution in [-0.2, 0) is 6.42 Å². The topological polar surface area (TPSA) is 86.5 Å². The summed E-state index contributed by atoms with van der Waals surface area (Å²) in [5.41, 5.74) is 7.17. The molecule has 4 rings (SSSR count). The van der Waals surface area contributed by atoms with Crippen LogP contribution in [0.4, 0.5) is 10.5 Å². The van der Waals surface area contributed by atoms with Crippen molar-refractivity contribution in [1.29, 1.82) is 0 Å². The number of amidine groups is 1. The number of hydrogen-bond donors (Lipinski definition) is 2. The van der Waals surface area contributed by atoms with Crippen molar-refractivity contribution in [3.8, 4) is 5.75 Å². The van der Waals surface area contributed by atoms with Gasteiger partial charge in [0.15, 0.2) is 5.84 Å². The van der Waals surface area contributed by atoms with E-state index in [9.17, 15) is 10.0 Å². The number of carbonyl (C=O) groups is 1. The lowest BCUT2D eigenvalue weighted by atomic mass is 9.96. The number of nitrogens with one attached hydrogen (secondary N) is 1. The number of fused-ring (bicyclic) bond motifs is 1. The molecule has 2 aliphatic heterocycles. The average molecular weight is 445 g/mol. The molecule has 2 N–H and O–H groups in total. The van der Waals surface area contributed by atoms with Crippen molar-refractivity contribution in [2.45, 2.75) is 25.0 Å². The Morgan fingerprint density at radius 3 is 2.90 bits per heavy atom. The molecular formula is C21H21ClN4O3S. The van der Waals surface area contributed by atoms with Crippen molar-refractivity contribution < 1.29 is 14.7 Å². The first-order valence-corrected chi connectivity index (χ1v) is 10.8. The molecule has 0 spiro atoms. The first kappa shape index (κ1) is 20.6. The van der Waals surface area contributed by atoms with Gasteiger partial charge in [0, 0.05) is 17.8 Å². The highest BCUT2D eigenvalue weighted by Crippen LogP contribution is 2.33. The predicted octanol–water partition coefficient (Wildman–Crippen LogP) is 4.49. The smallest absolute Gasteiger partial charge is 0.299 e. The normalized spacial score (nSPS) is 19.1. The summed E-state index contributed by atoms with van der Waals surface area (Å²) in [4.78, 5) is 13.5. The van der Waals surface area contributed by atoms with E-state index in [1.165, 1.54) is 11.8 Å². The minimum atomic E-state index is -0.141. The third-order valence-corrected chi connectivity index (χ3v) is 6.37. The molecule has 9 heteroatoms. The van der Waals surface area contributed by atoms with Crippen LogP contribution in [0.2, 0.25) is 5.02 Å². The molecule has 0 fully saturated rings. The lowest BCUT2D eigenvalue weighted by Crippen LogP contribution is -2.36. The molecule has 2 heterocycles. The second-order valence-corrected chi connectivity index (χ2v) is 8.75. The second-order valence-electron chi connectivity index (χ2n) is 7.03. The van der Waals surface area contributed by atoms with Crippen molar-refractivity contribution in [3.63, 3.8) is 0 Å². The van der Waals surface area contributed by atoms with Crippen LogP contribution in [-0.4, -0.2) is 40.9 Å². The fourth-order valence-corrected chi connectivity index (χ4v) is 4.77. The first-order valence-electron chi connectivity index (χ1n) is 9.53. The number of benzene rings is 2. The highest BCUT2D eigenvalue weighted by atomic mass is 35.5. The first-order chi connectivity index (χ1) is 14.5. The maximum Gasteiger partial charge on any atom is 0.299 e. The summed E-state index contributed by atoms with van der Waals surface area (Å²) in [6.45, 7) is 2.69. The van der Waals surface area contributed by atoms with E-state index in [0.29, 0.717) is 22.2 Å². The van der Waals surface area contributed by atoms with Crippen LogP contribution in [0.25, 0.3) is 0 Å². The molecule has 0 bridgehead atoms.